The fourth-order valence-corrected chi connectivity index (χ4v) is 6.49. The van der Waals surface area contributed by atoms with Crippen molar-refractivity contribution in [2.24, 2.45) is 0 Å². The quantitative estimate of drug-likeness (QED) is 0.407. The third-order valence-electron chi connectivity index (χ3n) is 5.59. The average Bonchev–Trinajstić information content (AvgIpc) is 3.32. The summed E-state index contributed by atoms with van der Waals surface area (Å²) < 4.78 is 29.4. The highest BCUT2D eigenvalue weighted by atomic mass is 127. The summed E-state index contributed by atoms with van der Waals surface area (Å²) in [6.45, 7) is 0. The molecule has 1 saturated carbocycles. The number of carbonyl (C=O) groups excluding carboxylic acids is 2. The Morgan fingerprint density at radius 1 is 0.967 bits per heavy atom. The zero-order valence-corrected chi connectivity index (χ0v) is 19.7. The molecule has 0 bridgehead atoms. The first-order valence-electron chi connectivity index (χ1n) is 9.70. The highest BCUT2D eigenvalue weighted by Crippen LogP contribution is 2.35. The molecule has 0 aromatic heterocycles. The highest BCUT2D eigenvalue weighted by molar-refractivity contribution is 14.1. The van der Waals surface area contributed by atoms with Gasteiger partial charge in [0.1, 0.15) is 6.04 Å². The summed E-state index contributed by atoms with van der Waals surface area (Å²) in [5, 5.41) is 0.429. The second-order valence-electron chi connectivity index (χ2n) is 7.49. The fraction of sp³-hybridized carbons (Fsp3) is 0.333. The van der Waals surface area contributed by atoms with Crippen LogP contribution in [0.2, 0.25) is 5.02 Å². The Hall–Kier alpha value is -1.49. The van der Waals surface area contributed by atoms with E-state index in [9.17, 15) is 18.0 Å². The maximum absolute atomic E-state index is 13.6. The van der Waals surface area contributed by atoms with E-state index in [4.69, 9.17) is 11.6 Å². The lowest BCUT2D eigenvalue weighted by Crippen LogP contribution is -2.49. The van der Waals surface area contributed by atoms with E-state index in [1.807, 2.05) is 12.1 Å². The van der Waals surface area contributed by atoms with E-state index in [0.717, 1.165) is 21.3 Å². The van der Waals surface area contributed by atoms with Crippen LogP contribution >= 0.6 is 34.2 Å². The number of imide groups is 1. The van der Waals surface area contributed by atoms with Gasteiger partial charge in [0, 0.05) is 14.6 Å². The summed E-state index contributed by atoms with van der Waals surface area (Å²) in [4.78, 5) is 27.3. The largest absolute Gasteiger partial charge is 0.274 e. The third-order valence-corrected chi connectivity index (χ3v) is 8.54. The molecule has 1 aliphatic carbocycles. The van der Waals surface area contributed by atoms with Crippen molar-refractivity contribution in [2.45, 2.75) is 49.1 Å². The Balaban J connectivity index is 1.73. The van der Waals surface area contributed by atoms with Crippen LogP contribution < -0.4 is 4.90 Å². The molecule has 0 radical (unpaired) electrons. The van der Waals surface area contributed by atoms with Gasteiger partial charge in [-0.2, -0.15) is 4.31 Å². The molecule has 1 saturated heterocycles. The zero-order chi connectivity index (χ0) is 21.5. The van der Waals surface area contributed by atoms with Crippen LogP contribution in [0.1, 0.15) is 32.1 Å². The lowest BCUT2D eigenvalue weighted by molar-refractivity contribution is -0.122. The minimum atomic E-state index is -3.98. The van der Waals surface area contributed by atoms with E-state index >= 15 is 0 Å². The van der Waals surface area contributed by atoms with Gasteiger partial charge >= 0.3 is 0 Å². The van der Waals surface area contributed by atoms with Crippen molar-refractivity contribution in [3.63, 3.8) is 0 Å². The van der Waals surface area contributed by atoms with Gasteiger partial charge in [-0.15, -0.1) is 0 Å². The van der Waals surface area contributed by atoms with Gasteiger partial charge in [0.05, 0.1) is 17.0 Å². The molecule has 30 heavy (non-hydrogen) atoms. The van der Waals surface area contributed by atoms with Gasteiger partial charge in [-0.05, 0) is 84.0 Å². The summed E-state index contributed by atoms with van der Waals surface area (Å²) >= 11 is 8.07. The summed E-state index contributed by atoms with van der Waals surface area (Å²) in [6, 6.07) is 11.6. The van der Waals surface area contributed by atoms with Crippen LogP contribution in [0.5, 0.6) is 0 Å². The van der Waals surface area contributed by atoms with Crippen LogP contribution in [0, 0.1) is 3.57 Å². The lowest BCUT2D eigenvalue weighted by atomic mass is 10.2. The second-order valence-corrected chi connectivity index (χ2v) is 11.0. The maximum Gasteiger partial charge on any atom is 0.252 e. The van der Waals surface area contributed by atoms with E-state index in [0.29, 0.717) is 23.6 Å². The number of carbonyl (C=O) groups is 2. The highest BCUT2D eigenvalue weighted by Gasteiger charge is 2.49. The number of hydrogen-bond acceptors (Lipinski definition) is 4. The first kappa shape index (κ1) is 21.7. The molecule has 2 fully saturated rings. The van der Waals surface area contributed by atoms with Crippen LogP contribution in [0.25, 0.3) is 0 Å². The summed E-state index contributed by atoms with van der Waals surface area (Å²) in [6.07, 6.45) is 2.98. The molecular formula is C21H20ClIN2O4S. The molecule has 1 aliphatic heterocycles. The molecule has 158 valence electrons. The fourth-order valence-electron chi connectivity index (χ4n) is 4.18. The number of hydrogen-bond donors (Lipinski definition) is 0. The maximum atomic E-state index is 13.6. The zero-order valence-electron chi connectivity index (χ0n) is 16.0. The number of amides is 2. The van der Waals surface area contributed by atoms with E-state index < -0.39 is 22.0 Å². The molecular weight excluding hydrogens is 539 g/mol. The smallest absolute Gasteiger partial charge is 0.252 e. The van der Waals surface area contributed by atoms with Gasteiger partial charge in [-0.3, -0.25) is 9.59 Å². The van der Waals surface area contributed by atoms with Crippen molar-refractivity contribution in [2.75, 3.05) is 4.90 Å². The monoisotopic (exact) mass is 558 g/mol. The minimum Gasteiger partial charge on any atom is -0.274 e. The van der Waals surface area contributed by atoms with Crippen LogP contribution in [0.4, 0.5) is 5.69 Å². The van der Waals surface area contributed by atoms with Crippen LogP contribution in [-0.2, 0) is 19.6 Å². The Morgan fingerprint density at radius 3 is 2.17 bits per heavy atom. The molecule has 1 heterocycles. The van der Waals surface area contributed by atoms with Crippen LogP contribution in [0.3, 0.4) is 0 Å². The normalized spacial score (nSPS) is 20.5. The van der Waals surface area contributed by atoms with Gasteiger partial charge in [0.2, 0.25) is 15.9 Å². The number of rotatable bonds is 5. The molecule has 2 aromatic rings. The molecule has 6 nitrogen and oxygen atoms in total. The molecule has 1 unspecified atom stereocenters. The number of anilines is 1. The molecule has 4 rings (SSSR count). The van der Waals surface area contributed by atoms with Crippen molar-refractivity contribution in [1.82, 2.24) is 4.31 Å². The van der Waals surface area contributed by atoms with Crippen molar-refractivity contribution in [3.05, 3.63) is 57.1 Å². The average molecular weight is 559 g/mol. The summed E-state index contributed by atoms with van der Waals surface area (Å²) in [5.74, 6) is -0.883. The van der Waals surface area contributed by atoms with Crippen LogP contribution in [0.15, 0.2) is 53.4 Å². The van der Waals surface area contributed by atoms with Gasteiger partial charge in [-0.1, -0.05) is 24.4 Å². The first-order valence-corrected chi connectivity index (χ1v) is 12.6. The van der Waals surface area contributed by atoms with Crippen molar-refractivity contribution < 1.29 is 18.0 Å². The molecule has 2 aromatic carbocycles. The third kappa shape index (κ3) is 4.02. The molecule has 2 aliphatic rings. The van der Waals surface area contributed by atoms with Gasteiger partial charge in [0.25, 0.3) is 5.91 Å². The van der Waals surface area contributed by atoms with Crippen molar-refractivity contribution in [1.29, 1.82) is 0 Å². The minimum absolute atomic E-state index is 0.0757. The first-order chi connectivity index (χ1) is 14.3. The van der Waals surface area contributed by atoms with Crippen LogP contribution in [-0.4, -0.2) is 36.6 Å². The van der Waals surface area contributed by atoms with E-state index in [1.54, 1.807) is 12.1 Å². The number of halogens is 2. The standard InChI is InChI=1S/C21H20ClIN2O4S/c22-14-5-11-18(12-6-14)30(28,29)25(17-3-1-2-4-17)19-13-20(26)24(21(19)27)16-9-7-15(23)8-10-16/h5-12,17,19H,1-4,13H2. The SMILES string of the molecule is O=C1CC(N(C2CCCC2)S(=O)(=O)c2ccc(Cl)cc2)C(=O)N1c1ccc(I)cc1. The topological polar surface area (TPSA) is 74.8 Å². The Morgan fingerprint density at radius 2 is 1.57 bits per heavy atom. The van der Waals surface area contributed by atoms with E-state index in [1.165, 1.54) is 28.6 Å². The van der Waals surface area contributed by atoms with E-state index in [-0.39, 0.29) is 23.3 Å². The summed E-state index contributed by atoms with van der Waals surface area (Å²) in [7, 11) is -3.98. The number of sulfonamides is 1. The predicted molar refractivity (Wildman–Crippen MR) is 123 cm³/mol. The molecule has 2 amide bonds. The molecule has 0 spiro atoms. The van der Waals surface area contributed by atoms with Gasteiger partial charge in [-0.25, -0.2) is 13.3 Å². The number of benzene rings is 2. The molecule has 0 N–H and O–H groups in total. The predicted octanol–water partition coefficient (Wildman–Crippen LogP) is 4.21. The number of nitrogens with zero attached hydrogens (tertiary/aromatic N) is 2. The Kier molecular flexibility index (Phi) is 6.20. The van der Waals surface area contributed by atoms with E-state index in [2.05, 4.69) is 22.6 Å². The molecule has 1 atom stereocenters. The Bertz CT molecular complexity index is 1070. The molecule has 9 heteroatoms. The van der Waals surface area contributed by atoms with Gasteiger partial charge < -0.3 is 0 Å². The van der Waals surface area contributed by atoms with Crippen molar-refractivity contribution in [3.8, 4) is 0 Å². The van der Waals surface area contributed by atoms with Crippen molar-refractivity contribution >= 4 is 61.7 Å². The van der Waals surface area contributed by atoms with Gasteiger partial charge in [0.15, 0.2) is 0 Å². The summed E-state index contributed by atoms with van der Waals surface area (Å²) in [5.41, 5.74) is 0.461. The lowest BCUT2D eigenvalue weighted by Gasteiger charge is -2.32. The Labute approximate surface area is 194 Å². The second kappa shape index (κ2) is 8.57.